The lowest BCUT2D eigenvalue weighted by molar-refractivity contribution is -0.385. The lowest BCUT2D eigenvalue weighted by Crippen LogP contribution is -2.67. The van der Waals surface area contributed by atoms with Gasteiger partial charge in [0, 0.05) is 16.8 Å². The van der Waals surface area contributed by atoms with Gasteiger partial charge >= 0.3 is 0 Å². The maximum Gasteiger partial charge on any atom is 0.282 e. The number of benzene rings is 3. The van der Waals surface area contributed by atoms with E-state index in [2.05, 4.69) is 0 Å². The van der Waals surface area contributed by atoms with E-state index in [-0.39, 0.29) is 11.1 Å². The van der Waals surface area contributed by atoms with Gasteiger partial charge in [-0.2, -0.15) is 0 Å². The number of aryl methyl sites for hydroxylation is 1. The van der Waals surface area contributed by atoms with Crippen LogP contribution in [0.15, 0.2) is 60.7 Å². The molecular weight excluding hydrogens is 465 g/mol. The second-order valence-corrected chi connectivity index (χ2v) is 8.43. The van der Waals surface area contributed by atoms with Crippen LogP contribution < -0.4 is 4.90 Å². The summed E-state index contributed by atoms with van der Waals surface area (Å²) in [5, 5.41) is 11.9. The van der Waals surface area contributed by atoms with Crippen molar-refractivity contribution in [3.63, 3.8) is 0 Å². The lowest BCUT2D eigenvalue weighted by atomic mass is 9.86. The van der Waals surface area contributed by atoms with Crippen LogP contribution in [0.4, 0.5) is 15.8 Å². The molecule has 0 bridgehead atoms. The third kappa shape index (κ3) is 3.08. The molecule has 5 rings (SSSR count). The zero-order valence-electron chi connectivity index (χ0n) is 17.6. The minimum Gasteiger partial charge on any atom is -0.300 e. The van der Waals surface area contributed by atoms with Crippen molar-refractivity contribution in [2.45, 2.75) is 19.0 Å². The molecular formula is C24H15ClFN3O5. The summed E-state index contributed by atoms with van der Waals surface area (Å²) in [4.78, 5) is 52.6. The first-order valence-electron chi connectivity index (χ1n) is 10.2. The standard InChI is InChI=1S/C24H15ClFN3O5/c1-12-5-10-15(11-17(12)25)27-20(13-6-8-14(26)9-7-13)21(24(27)32)28-22(30)16-3-2-4-18(29(33)34)19(16)23(28)31/h2-11,20-21H,1H3/t20-,21+/m1/s1. The summed E-state index contributed by atoms with van der Waals surface area (Å²) < 4.78 is 13.6. The monoisotopic (exact) mass is 479 g/mol. The zero-order valence-corrected chi connectivity index (χ0v) is 18.3. The molecule has 0 unspecified atom stereocenters. The highest BCUT2D eigenvalue weighted by Crippen LogP contribution is 2.45. The normalized spacial score (nSPS) is 19.3. The van der Waals surface area contributed by atoms with Crippen molar-refractivity contribution in [2.24, 2.45) is 0 Å². The van der Waals surface area contributed by atoms with Crippen molar-refractivity contribution in [2.75, 3.05) is 4.90 Å². The van der Waals surface area contributed by atoms with Crippen LogP contribution in [0.1, 0.15) is 37.9 Å². The Morgan fingerprint density at radius 2 is 1.65 bits per heavy atom. The number of carbonyl (C=O) groups is 3. The average Bonchev–Trinajstić information content (AvgIpc) is 3.05. The Kier molecular flexibility index (Phi) is 4.94. The Bertz CT molecular complexity index is 1410. The van der Waals surface area contributed by atoms with Crippen molar-refractivity contribution < 1.29 is 23.7 Å². The SMILES string of the molecule is Cc1ccc(N2C(=O)[C@@H](N3C(=O)c4cccc([N+](=O)[O-])c4C3=O)[C@H]2c2ccc(F)cc2)cc1Cl. The second-order valence-electron chi connectivity index (χ2n) is 8.02. The molecule has 3 amide bonds. The molecule has 8 nitrogen and oxygen atoms in total. The molecule has 0 aliphatic carbocycles. The Morgan fingerprint density at radius 3 is 2.29 bits per heavy atom. The van der Waals surface area contributed by atoms with Gasteiger partial charge in [0.2, 0.25) is 0 Å². The number of nitro groups is 1. The number of β-lactam (4-membered cyclic amide) rings is 1. The molecule has 2 aliphatic rings. The van der Waals surface area contributed by atoms with Crippen molar-refractivity contribution in [1.29, 1.82) is 0 Å². The third-order valence-corrected chi connectivity index (χ3v) is 6.52. The molecule has 0 saturated carbocycles. The number of fused-ring (bicyclic) bond motifs is 1. The van der Waals surface area contributed by atoms with Crippen LogP contribution in [0.5, 0.6) is 0 Å². The topological polar surface area (TPSA) is 101 Å². The van der Waals surface area contributed by atoms with E-state index in [1.807, 2.05) is 0 Å². The van der Waals surface area contributed by atoms with E-state index < -0.39 is 46.2 Å². The first-order valence-corrected chi connectivity index (χ1v) is 10.6. The number of nitro benzene ring substituents is 1. The fourth-order valence-electron chi connectivity index (χ4n) is 4.43. The smallest absolute Gasteiger partial charge is 0.282 e. The minimum atomic E-state index is -1.27. The molecule has 0 radical (unpaired) electrons. The number of anilines is 1. The third-order valence-electron chi connectivity index (χ3n) is 6.11. The van der Waals surface area contributed by atoms with Gasteiger partial charge in [-0.3, -0.25) is 29.4 Å². The molecule has 34 heavy (non-hydrogen) atoms. The maximum atomic E-state index is 13.6. The molecule has 10 heteroatoms. The quantitative estimate of drug-likeness (QED) is 0.238. The summed E-state index contributed by atoms with van der Waals surface area (Å²) in [6.45, 7) is 1.80. The number of hydrogen-bond acceptors (Lipinski definition) is 5. The molecule has 3 aromatic carbocycles. The molecule has 2 heterocycles. The first kappa shape index (κ1) is 21.7. The van der Waals surface area contributed by atoms with Gasteiger partial charge in [0.15, 0.2) is 0 Å². The highest BCUT2D eigenvalue weighted by Gasteiger charge is 2.58. The van der Waals surface area contributed by atoms with Gasteiger partial charge in [-0.15, -0.1) is 0 Å². The van der Waals surface area contributed by atoms with E-state index in [0.29, 0.717) is 16.3 Å². The minimum absolute atomic E-state index is 0.137. The average molecular weight is 480 g/mol. The summed E-state index contributed by atoms with van der Waals surface area (Å²) in [7, 11) is 0. The summed E-state index contributed by atoms with van der Waals surface area (Å²) in [5.41, 5.74) is 0.718. The van der Waals surface area contributed by atoms with Gasteiger partial charge < -0.3 is 4.90 Å². The van der Waals surface area contributed by atoms with Crippen LogP contribution in [-0.2, 0) is 4.79 Å². The number of carbonyl (C=O) groups excluding carboxylic acids is 3. The van der Waals surface area contributed by atoms with Crippen LogP contribution in [0.3, 0.4) is 0 Å². The van der Waals surface area contributed by atoms with Gasteiger partial charge in [0.1, 0.15) is 17.4 Å². The van der Waals surface area contributed by atoms with E-state index in [4.69, 9.17) is 11.6 Å². The van der Waals surface area contributed by atoms with Crippen molar-refractivity contribution in [3.05, 3.63) is 104 Å². The molecule has 1 fully saturated rings. The van der Waals surface area contributed by atoms with Gasteiger partial charge in [0.25, 0.3) is 23.4 Å². The largest absolute Gasteiger partial charge is 0.300 e. The Labute approximate surface area is 197 Å². The number of nitrogens with zero attached hydrogens (tertiary/aromatic N) is 3. The molecule has 1 saturated heterocycles. The van der Waals surface area contributed by atoms with E-state index in [9.17, 15) is 28.9 Å². The van der Waals surface area contributed by atoms with Crippen LogP contribution in [-0.4, -0.2) is 33.6 Å². The second kappa shape index (κ2) is 7.74. The Hall–Kier alpha value is -4.11. The zero-order chi connectivity index (χ0) is 24.3. The number of imide groups is 1. The predicted octanol–water partition coefficient (Wildman–Crippen LogP) is 4.45. The van der Waals surface area contributed by atoms with Crippen LogP contribution in [0.25, 0.3) is 0 Å². The fraction of sp³-hybridized carbons (Fsp3) is 0.125. The van der Waals surface area contributed by atoms with Crippen molar-refractivity contribution in [1.82, 2.24) is 4.90 Å². The number of rotatable bonds is 4. The van der Waals surface area contributed by atoms with E-state index in [0.717, 1.165) is 16.5 Å². The van der Waals surface area contributed by atoms with Crippen LogP contribution >= 0.6 is 11.6 Å². The van der Waals surface area contributed by atoms with E-state index >= 15 is 0 Å². The summed E-state index contributed by atoms with van der Waals surface area (Å²) in [6.07, 6.45) is 0. The lowest BCUT2D eigenvalue weighted by Gasteiger charge is -2.49. The number of halogens is 2. The van der Waals surface area contributed by atoms with Gasteiger partial charge in [-0.05, 0) is 48.4 Å². The predicted molar refractivity (Wildman–Crippen MR) is 120 cm³/mol. The number of amides is 3. The number of hydrogen-bond donors (Lipinski definition) is 0. The summed E-state index contributed by atoms with van der Waals surface area (Å²) in [5.74, 6) is -2.77. The first-order chi connectivity index (χ1) is 16.2. The highest BCUT2D eigenvalue weighted by molar-refractivity contribution is 6.32. The highest BCUT2D eigenvalue weighted by atomic mass is 35.5. The van der Waals surface area contributed by atoms with E-state index in [1.54, 1.807) is 25.1 Å². The maximum absolute atomic E-state index is 13.6. The van der Waals surface area contributed by atoms with Gasteiger partial charge in [-0.25, -0.2) is 4.39 Å². The van der Waals surface area contributed by atoms with Crippen LogP contribution in [0.2, 0.25) is 5.02 Å². The van der Waals surface area contributed by atoms with Crippen molar-refractivity contribution in [3.8, 4) is 0 Å². The molecule has 0 aromatic heterocycles. The summed E-state index contributed by atoms with van der Waals surface area (Å²) >= 11 is 6.25. The van der Waals surface area contributed by atoms with Gasteiger partial charge in [0.05, 0.1) is 16.5 Å². The Balaban J connectivity index is 1.61. The van der Waals surface area contributed by atoms with Crippen LogP contribution in [0, 0.1) is 22.9 Å². The molecule has 2 aliphatic heterocycles. The van der Waals surface area contributed by atoms with E-state index in [1.165, 1.54) is 41.3 Å². The van der Waals surface area contributed by atoms with Crippen molar-refractivity contribution >= 4 is 40.7 Å². The molecule has 2 atom stereocenters. The fourth-order valence-corrected chi connectivity index (χ4v) is 4.60. The molecule has 0 N–H and O–H groups in total. The van der Waals surface area contributed by atoms with Gasteiger partial charge in [-0.1, -0.05) is 35.9 Å². The summed E-state index contributed by atoms with van der Waals surface area (Å²) in [6, 6.07) is 12.0. The molecule has 3 aromatic rings. The Morgan fingerprint density at radius 1 is 0.941 bits per heavy atom. The molecule has 0 spiro atoms. The molecule has 170 valence electrons.